The molecule has 3 nitrogen and oxygen atoms in total. The van der Waals surface area contributed by atoms with Crippen LogP contribution in [0.15, 0.2) is 6.20 Å². The fourth-order valence-electron chi connectivity index (χ4n) is 0.839. The van der Waals surface area contributed by atoms with Crippen LogP contribution in [0.4, 0.5) is 13.2 Å². The third kappa shape index (κ3) is 1.58. The van der Waals surface area contributed by atoms with Crippen LogP contribution in [0.25, 0.3) is 0 Å². The fourth-order valence-corrected chi connectivity index (χ4v) is 0.839. The Morgan fingerprint density at radius 1 is 1.58 bits per heavy atom. The maximum Gasteiger partial charge on any atom is 0.433 e. The van der Waals surface area contributed by atoms with Crippen LogP contribution in [0.3, 0.4) is 0 Å². The minimum Gasteiger partial charge on any atom is -0.389 e. The van der Waals surface area contributed by atoms with Crippen molar-refractivity contribution in [1.82, 2.24) is 10.2 Å². The van der Waals surface area contributed by atoms with Gasteiger partial charge >= 0.3 is 6.18 Å². The zero-order valence-corrected chi connectivity index (χ0v) is 6.18. The molecule has 6 heteroatoms. The van der Waals surface area contributed by atoms with Crippen LogP contribution in [0.5, 0.6) is 0 Å². The molecule has 0 saturated carbocycles. The summed E-state index contributed by atoms with van der Waals surface area (Å²) in [5, 5.41) is 13.9. The van der Waals surface area contributed by atoms with Crippen molar-refractivity contribution < 1.29 is 18.3 Å². The van der Waals surface area contributed by atoms with Crippen LogP contribution in [0.1, 0.15) is 24.3 Å². The molecule has 0 aliphatic heterocycles. The summed E-state index contributed by atoms with van der Waals surface area (Å²) in [6, 6.07) is 0. The second kappa shape index (κ2) is 2.78. The van der Waals surface area contributed by atoms with Crippen LogP contribution in [0, 0.1) is 0 Å². The van der Waals surface area contributed by atoms with Crippen molar-refractivity contribution in [3.63, 3.8) is 0 Å². The average molecular weight is 180 g/mol. The number of hydrogen-bond donors (Lipinski definition) is 2. The molecule has 1 atom stereocenters. The Morgan fingerprint density at radius 2 is 2.17 bits per heavy atom. The van der Waals surface area contributed by atoms with E-state index in [2.05, 4.69) is 5.10 Å². The molecule has 68 valence electrons. The Balaban J connectivity index is 3.08. The van der Waals surface area contributed by atoms with Crippen molar-refractivity contribution in [1.29, 1.82) is 0 Å². The van der Waals surface area contributed by atoms with E-state index in [-0.39, 0.29) is 5.56 Å². The molecule has 0 saturated heterocycles. The highest BCUT2D eigenvalue weighted by Gasteiger charge is 2.36. The van der Waals surface area contributed by atoms with Crippen LogP contribution in [-0.4, -0.2) is 15.3 Å². The van der Waals surface area contributed by atoms with Crippen LogP contribution >= 0.6 is 0 Å². The molecule has 0 spiro atoms. The van der Waals surface area contributed by atoms with E-state index in [0.29, 0.717) is 0 Å². The number of aromatic amines is 1. The number of aliphatic hydroxyl groups is 1. The van der Waals surface area contributed by atoms with E-state index in [0.717, 1.165) is 6.20 Å². The second-order valence-corrected chi connectivity index (χ2v) is 2.37. The summed E-state index contributed by atoms with van der Waals surface area (Å²) in [7, 11) is 0. The van der Waals surface area contributed by atoms with Gasteiger partial charge in [0.05, 0.1) is 12.3 Å². The molecule has 0 radical (unpaired) electrons. The third-order valence-electron chi connectivity index (χ3n) is 1.40. The van der Waals surface area contributed by atoms with Crippen molar-refractivity contribution in [3.05, 3.63) is 17.5 Å². The summed E-state index contributed by atoms with van der Waals surface area (Å²) in [6.07, 6.45) is -4.68. The topological polar surface area (TPSA) is 48.9 Å². The molecule has 0 amide bonds. The standard InChI is InChI=1S/C6H7F3N2O/c1-3(12)4-2-10-11-5(4)6(7,8)9/h2-3,12H,1H3,(H,10,11)/t3-/m0/s1. The highest BCUT2D eigenvalue weighted by atomic mass is 19.4. The molecule has 1 aromatic rings. The van der Waals surface area contributed by atoms with Crippen molar-refractivity contribution in [2.45, 2.75) is 19.2 Å². The molecule has 1 heterocycles. The van der Waals surface area contributed by atoms with Gasteiger partial charge in [-0.05, 0) is 6.92 Å². The number of H-pyrrole nitrogens is 1. The fraction of sp³-hybridized carbons (Fsp3) is 0.500. The van der Waals surface area contributed by atoms with Crippen molar-refractivity contribution in [2.75, 3.05) is 0 Å². The minimum absolute atomic E-state index is 0.234. The lowest BCUT2D eigenvalue weighted by Gasteiger charge is -2.07. The number of aromatic nitrogens is 2. The van der Waals surface area contributed by atoms with E-state index in [4.69, 9.17) is 5.11 Å². The first-order valence-corrected chi connectivity index (χ1v) is 3.21. The van der Waals surface area contributed by atoms with Crippen molar-refractivity contribution >= 4 is 0 Å². The Labute approximate surface area is 66.2 Å². The molecule has 1 aromatic heterocycles. The van der Waals surface area contributed by atoms with E-state index in [1.54, 1.807) is 5.10 Å². The molecule has 0 aliphatic rings. The average Bonchev–Trinajstić information content (AvgIpc) is 2.30. The molecule has 0 bridgehead atoms. The lowest BCUT2D eigenvalue weighted by molar-refractivity contribution is -0.142. The molecule has 0 aliphatic carbocycles. The first kappa shape index (κ1) is 9.05. The van der Waals surface area contributed by atoms with Gasteiger partial charge in [0, 0.05) is 5.56 Å². The van der Waals surface area contributed by atoms with Gasteiger partial charge < -0.3 is 5.11 Å². The van der Waals surface area contributed by atoms with Gasteiger partial charge in [0.1, 0.15) is 5.69 Å². The zero-order valence-electron chi connectivity index (χ0n) is 6.18. The van der Waals surface area contributed by atoms with Gasteiger partial charge in [0.2, 0.25) is 0 Å². The van der Waals surface area contributed by atoms with Gasteiger partial charge in [0.15, 0.2) is 0 Å². The lowest BCUT2D eigenvalue weighted by Crippen LogP contribution is -2.10. The Morgan fingerprint density at radius 3 is 2.50 bits per heavy atom. The van der Waals surface area contributed by atoms with Crippen LogP contribution in [0.2, 0.25) is 0 Å². The SMILES string of the molecule is C[C@H](O)c1cn[nH]c1C(F)(F)F. The molecular formula is C6H7F3N2O. The summed E-state index contributed by atoms with van der Waals surface area (Å²) in [6.45, 7) is 1.25. The van der Waals surface area contributed by atoms with Crippen LogP contribution < -0.4 is 0 Å². The quantitative estimate of drug-likeness (QED) is 0.687. The highest BCUT2D eigenvalue weighted by Crippen LogP contribution is 2.32. The number of aliphatic hydroxyl groups excluding tert-OH is 1. The maximum absolute atomic E-state index is 12.1. The smallest absolute Gasteiger partial charge is 0.389 e. The normalized spacial score (nSPS) is 14.8. The van der Waals surface area contributed by atoms with Crippen molar-refractivity contribution in [2.24, 2.45) is 0 Å². The van der Waals surface area contributed by atoms with Gasteiger partial charge in [-0.1, -0.05) is 0 Å². The molecule has 0 fully saturated rings. The van der Waals surface area contributed by atoms with Gasteiger partial charge in [-0.3, -0.25) is 5.10 Å². The van der Waals surface area contributed by atoms with E-state index in [1.165, 1.54) is 6.92 Å². The molecule has 12 heavy (non-hydrogen) atoms. The predicted molar refractivity (Wildman–Crippen MR) is 34.2 cm³/mol. The molecule has 0 aromatic carbocycles. The lowest BCUT2D eigenvalue weighted by atomic mass is 10.1. The number of hydrogen-bond acceptors (Lipinski definition) is 2. The van der Waals surface area contributed by atoms with Gasteiger partial charge in [0.25, 0.3) is 0 Å². The number of nitrogens with one attached hydrogen (secondary N) is 1. The predicted octanol–water partition coefficient (Wildman–Crippen LogP) is 1.48. The number of rotatable bonds is 1. The third-order valence-corrected chi connectivity index (χ3v) is 1.40. The Kier molecular flexibility index (Phi) is 2.10. The van der Waals surface area contributed by atoms with Gasteiger partial charge in [-0.25, -0.2) is 0 Å². The van der Waals surface area contributed by atoms with Crippen LogP contribution in [-0.2, 0) is 6.18 Å². The van der Waals surface area contributed by atoms with Crippen molar-refractivity contribution in [3.8, 4) is 0 Å². The molecule has 2 N–H and O–H groups in total. The number of halogens is 3. The summed E-state index contributed by atoms with van der Waals surface area (Å²) >= 11 is 0. The zero-order chi connectivity index (χ0) is 9.35. The van der Waals surface area contributed by atoms with Gasteiger partial charge in [-0.15, -0.1) is 0 Å². The summed E-state index contributed by atoms with van der Waals surface area (Å²) in [5.74, 6) is 0. The van der Waals surface area contributed by atoms with E-state index >= 15 is 0 Å². The monoisotopic (exact) mass is 180 g/mol. The largest absolute Gasteiger partial charge is 0.433 e. The molecule has 0 unspecified atom stereocenters. The van der Waals surface area contributed by atoms with E-state index in [9.17, 15) is 13.2 Å². The highest BCUT2D eigenvalue weighted by molar-refractivity contribution is 5.21. The Bertz CT molecular complexity index is 266. The maximum atomic E-state index is 12.1. The first-order valence-electron chi connectivity index (χ1n) is 3.21. The Hall–Kier alpha value is -1.04. The molecule has 1 rings (SSSR count). The summed E-state index contributed by atoms with van der Waals surface area (Å²) < 4.78 is 36.2. The minimum atomic E-state index is -4.48. The number of nitrogens with zero attached hydrogens (tertiary/aromatic N) is 1. The second-order valence-electron chi connectivity index (χ2n) is 2.37. The van der Waals surface area contributed by atoms with E-state index < -0.39 is 18.0 Å². The first-order chi connectivity index (χ1) is 5.43. The van der Waals surface area contributed by atoms with Gasteiger partial charge in [-0.2, -0.15) is 18.3 Å². The van der Waals surface area contributed by atoms with E-state index in [1.807, 2.05) is 0 Å². The summed E-state index contributed by atoms with van der Waals surface area (Å²) in [5.41, 5.74) is -1.22. The summed E-state index contributed by atoms with van der Waals surface area (Å²) in [4.78, 5) is 0. The number of alkyl halides is 3. The molecular weight excluding hydrogens is 173 g/mol.